The van der Waals surface area contributed by atoms with Crippen molar-refractivity contribution in [2.24, 2.45) is 0 Å². The minimum atomic E-state index is -0.338. The number of carbonyl (C=O) groups is 1. The lowest BCUT2D eigenvalue weighted by atomic mass is 10.1. The molecule has 1 aliphatic rings. The van der Waals surface area contributed by atoms with Crippen molar-refractivity contribution in [1.82, 2.24) is 0 Å². The Morgan fingerprint density at radius 1 is 1.25 bits per heavy atom. The number of rotatable bonds is 5. The summed E-state index contributed by atoms with van der Waals surface area (Å²) in [6.07, 6.45) is 0. The van der Waals surface area contributed by atoms with Gasteiger partial charge in [0.25, 0.3) is 5.91 Å². The first-order chi connectivity index (χ1) is 11.5. The highest BCUT2D eigenvalue weighted by Crippen LogP contribution is 2.34. The van der Waals surface area contributed by atoms with Crippen molar-refractivity contribution in [2.75, 3.05) is 19.2 Å². The molecule has 0 aliphatic carbocycles. The Kier molecular flexibility index (Phi) is 4.66. The summed E-state index contributed by atoms with van der Waals surface area (Å²) in [5.41, 5.74) is 1.24. The number of ether oxygens (including phenoxy) is 2. The molecule has 5 nitrogen and oxygen atoms in total. The molecule has 24 heavy (non-hydrogen) atoms. The van der Waals surface area contributed by atoms with Gasteiger partial charge < -0.3 is 19.7 Å². The Labute approximate surface area is 140 Å². The van der Waals surface area contributed by atoms with E-state index in [1.807, 2.05) is 14.0 Å². The summed E-state index contributed by atoms with van der Waals surface area (Å²) < 4.78 is 24.3. The van der Waals surface area contributed by atoms with Crippen LogP contribution in [0, 0.1) is 5.82 Å². The highest BCUT2D eigenvalue weighted by molar-refractivity contribution is 5.93. The average Bonchev–Trinajstić information content (AvgIpc) is 3.03. The van der Waals surface area contributed by atoms with E-state index in [1.54, 1.807) is 36.4 Å². The number of anilines is 1. The number of nitrogens with one attached hydrogen (secondary N) is 2. The highest BCUT2D eigenvalue weighted by Gasteiger charge is 2.23. The van der Waals surface area contributed by atoms with Crippen LogP contribution < -0.4 is 19.7 Å². The molecule has 0 spiro atoms. The zero-order valence-corrected chi connectivity index (χ0v) is 13.6. The molecule has 1 aliphatic heterocycles. The molecule has 0 bridgehead atoms. The Morgan fingerprint density at radius 2 is 2.00 bits per heavy atom. The van der Waals surface area contributed by atoms with Gasteiger partial charge in [0.2, 0.25) is 6.79 Å². The van der Waals surface area contributed by atoms with Crippen molar-refractivity contribution in [2.45, 2.75) is 19.5 Å². The van der Waals surface area contributed by atoms with Crippen LogP contribution >= 0.6 is 0 Å². The number of amides is 1. The molecule has 2 N–H and O–H groups in total. The maximum absolute atomic E-state index is 13.7. The van der Waals surface area contributed by atoms with Gasteiger partial charge in [-0.2, -0.15) is 0 Å². The van der Waals surface area contributed by atoms with Gasteiger partial charge in [-0.15, -0.1) is 0 Å². The number of likely N-dealkylation sites (N-methyl/N-ethyl adjacent to an activating group) is 1. The predicted octanol–water partition coefficient (Wildman–Crippen LogP) is 1.60. The Bertz CT molecular complexity index is 751. The fraction of sp³-hybridized carbons (Fsp3) is 0.278. The molecule has 0 aromatic heterocycles. The second kappa shape index (κ2) is 6.88. The van der Waals surface area contributed by atoms with Gasteiger partial charge in [0.05, 0.1) is 7.05 Å². The number of halogens is 1. The Hall–Kier alpha value is -2.60. The second-order valence-corrected chi connectivity index (χ2v) is 5.89. The fourth-order valence-electron chi connectivity index (χ4n) is 2.54. The van der Waals surface area contributed by atoms with E-state index in [0.29, 0.717) is 29.3 Å². The lowest BCUT2D eigenvalue weighted by Crippen LogP contribution is -3.12. The number of benzene rings is 2. The van der Waals surface area contributed by atoms with Crippen LogP contribution in [0.2, 0.25) is 0 Å². The molecular formula is C18H20FN2O3+. The molecule has 0 saturated heterocycles. The third-order valence-electron chi connectivity index (χ3n) is 4.20. The van der Waals surface area contributed by atoms with E-state index in [0.717, 1.165) is 4.90 Å². The van der Waals surface area contributed by atoms with Gasteiger partial charge in [-0.1, -0.05) is 18.2 Å². The summed E-state index contributed by atoms with van der Waals surface area (Å²) in [5, 5.41) is 2.86. The van der Waals surface area contributed by atoms with Crippen molar-refractivity contribution < 1.29 is 23.6 Å². The minimum Gasteiger partial charge on any atom is -0.454 e. The first kappa shape index (κ1) is 16.3. The van der Waals surface area contributed by atoms with Gasteiger partial charge in [0.15, 0.2) is 17.5 Å². The van der Waals surface area contributed by atoms with E-state index in [1.165, 1.54) is 6.07 Å². The van der Waals surface area contributed by atoms with Crippen molar-refractivity contribution in [3.8, 4) is 11.5 Å². The van der Waals surface area contributed by atoms with Crippen LogP contribution in [0.4, 0.5) is 10.1 Å². The molecule has 0 saturated carbocycles. The summed E-state index contributed by atoms with van der Waals surface area (Å²) in [4.78, 5) is 13.3. The van der Waals surface area contributed by atoms with Gasteiger partial charge in [-0.25, -0.2) is 4.39 Å². The minimum absolute atomic E-state index is 0.136. The van der Waals surface area contributed by atoms with Gasteiger partial charge in [-0.3, -0.25) is 4.79 Å². The van der Waals surface area contributed by atoms with Crippen molar-refractivity contribution in [1.29, 1.82) is 0 Å². The van der Waals surface area contributed by atoms with Crippen LogP contribution in [-0.2, 0) is 11.3 Å². The molecule has 0 radical (unpaired) electrons. The molecule has 2 aromatic carbocycles. The summed E-state index contributed by atoms with van der Waals surface area (Å²) in [7, 11) is 1.87. The van der Waals surface area contributed by atoms with Crippen LogP contribution in [0.25, 0.3) is 0 Å². The standard InChI is InChI=1S/C18H19FN2O3/c1-12(21(2)10-13-5-3-4-6-15(13)19)18(22)20-14-7-8-16-17(9-14)24-11-23-16/h3-9,12H,10-11H2,1-2H3,(H,20,22)/p+1/t12-/m0/s1. The predicted molar refractivity (Wildman–Crippen MR) is 87.6 cm³/mol. The largest absolute Gasteiger partial charge is 0.454 e. The fourth-order valence-corrected chi connectivity index (χ4v) is 2.54. The first-order valence-corrected chi connectivity index (χ1v) is 7.81. The van der Waals surface area contributed by atoms with Crippen molar-refractivity contribution in [3.05, 3.63) is 53.8 Å². The zero-order chi connectivity index (χ0) is 17.1. The summed E-state index contributed by atoms with van der Waals surface area (Å²) in [6, 6.07) is 11.5. The molecule has 1 amide bonds. The first-order valence-electron chi connectivity index (χ1n) is 7.81. The number of hydrogen-bond acceptors (Lipinski definition) is 3. The van der Waals surface area contributed by atoms with Gasteiger partial charge in [-0.05, 0) is 25.1 Å². The summed E-state index contributed by atoms with van der Waals surface area (Å²) in [5.74, 6) is 0.902. The van der Waals surface area contributed by atoms with Crippen LogP contribution in [0.1, 0.15) is 12.5 Å². The summed E-state index contributed by atoms with van der Waals surface area (Å²) in [6.45, 7) is 2.44. The van der Waals surface area contributed by atoms with E-state index >= 15 is 0 Å². The average molecular weight is 331 g/mol. The topological polar surface area (TPSA) is 52.0 Å². The van der Waals surface area contributed by atoms with E-state index in [9.17, 15) is 9.18 Å². The normalized spacial score (nSPS) is 15.0. The smallest absolute Gasteiger partial charge is 0.282 e. The molecule has 0 fully saturated rings. The number of fused-ring (bicyclic) bond motifs is 1. The monoisotopic (exact) mass is 331 g/mol. The van der Waals surface area contributed by atoms with Crippen LogP contribution in [0.15, 0.2) is 42.5 Å². The van der Waals surface area contributed by atoms with Crippen LogP contribution in [0.5, 0.6) is 11.5 Å². The van der Waals surface area contributed by atoms with E-state index in [-0.39, 0.29) is 24.6 Å². The maximum Gasteiger partial charge on any atom is 0.282 e. The zero-order valence-electron chi connectivity index (χ0n) is 13.6. The van der Waals surface area contributed by atoms with Crippen molar-refractivity contribution >= 4 is 11.6 Å². The molecule has 6 heteroatoms. The molecule has 126 valence electrons. The number of carbonyl (C=O) groups excluding carboxylic acids is 1. The Balaban J connectivity index is 1.63. The van der Waals surface area contributed by atoms with Crippen LogP contribution in [0.3, 0.4) is 0 Å². The molecule has 3 rings (SSSR count). The van der Waals surface area contributed by atoms with E-state index in [2.05, 4.69) is 5.32 Å². The lowest BCUT2D eigenvalue weighted by molar-refractivity contribution is -0.908. The second-order valence-electron chi connectivity index (χ2n) is 5.89. The lowest BCUT2D eigenvalue weighted by Gasteiger charge is -2.21. The SMILES string of the molecule is C[C@@H](C(=O)Nc1ccc2c(c1)OCO2)[NH+](C)Cc1ccccc1F. The maximum atomic E-state index is 13.7. The van der Waals surface area contributed by atoms with Gasteiger partial charge in [0, 0.05) is 17.3 Å². The van der Waals surface area contributed by atoms with Crippen molar-refractivity contribution in [3.63, 3.8) is 0 Å². The number of quaternary nitrogens is 1. The molecule has 2 aromatic rings. The van der Waals surface area contributed by atoms with E-state index in [4.69, 9.17) is 9.47 Å². The quantitative estimate of drug-likeness (QED) is 0.875. The number of hydrogen-bond donors (Lipinski definition) is 2. The van der Waals surface area contributed by atoms with Gasteiger partial charge >= 0.3 is 0 Å². The molecular weight excluding hydrogens is 311 g/mol. The third-order valence-corrected chi connectivity index (χ3v) is 4.20. The summed E-state index contributed by atoms with van der Waals surface area (Å²) >= 11 is 0. The Morgan fingerprint density at radius 3 is 2.79 bits per heavy atom. The highest BCUT2D eigenvalue weighted by atomic mass is 19.1. The molecule has 2 atom stereocenters. The van der Waals surface area contributed by atoms with Gasteiger partial charge in [0.1, 0.15) is 12.4 Å². The third kappa shape index (κ3) is 3.49. The molecule has 1 unspecified atom stereocenters. The van der Waals surface area contributed by atoms with Crippen LogP contribution in [-0.4, -0.2) is 25.8 Å². The van der Waals surface area contributed by atoms with E-state index < -0.39 is 0 Å². The molecule has 1 heterocycles.